The molecule has 0 radical (unpaired) electrons. The van der Waals surface area contributed by atoms with E-state index < -0.39 is 33.5 Å². The largest absolute Gasteiger partial charge is 0.491 e. The van der Waals surface area contributed by atoms with Gasteiger partial charge in [-0.3, -0.25) is 24.6 Å². The number of ether oxygens (including phenoxy) is 2. The Labute approximate surface area is 225 Å². The van der Waals surface area contributed by atoms with E-state index in [4.69, 9.17) is 9.47 Å². The van der Waals surface area contributed by atoms with E-state index in [0.717, 1.165) is 33.9 Å². The molecule has 0 saturated carbocycles. The van der Waals surface area contributed by atoms with Gasteiger partial charge in [0.15, 0.2) is 0 Å². The van der Waals surface area contributed by atoms with Crippen LogP contribution in [0.2, 0.25) is 0 Å². The van der Waals surface area contributed by atoms with Crippen molar-refractivity contribution in [1.29, 1.82) is 0 Å². The molecule has 1 saturated heterocycles. The van der Waals surface area contributed by atoms with Gasteiger partial charge in [-0.15, -0.1) is 0 Å². The van der Waals surface area contributed by atoms with Gasteiger partial charge in [0.25, 0.3) is 11.1 Å². The number of hydrogen-bond donors (Lipinski definition) is 0. The lowest BCUT2D eigenvalue weighted by Crippen LogP contribution is -2.32. The molecule has 8 nitrogen and oxygen atoms in total. The van der Waals surface area contributed by atoms with Crippen molar-refractivity contribution in [3.8, 4) is 17.2 Å². The number of halogens is 3. The minimum atomic E-state index is -4.75. The third-order valence-electron chi connectivity index (χ3n) is 5.66. The van der Waals surface area contributed by atoms with Gasteiger partial charge in [0.2, 0.25) is 5.75 Å². The third kappa shape index (κ3) is 6.58. The summed E-state index contributed by atoms with van der Waals surface area (Å²) in [6.07, 6.45) is -3.29. The average molecular weight is 559 g/mol. The Morgan fingerprint density at radius 3 is 2.51 bits per heavy atom. The van der Waals surface area contributed by atoms with Crippen LogP contribution in [0.1, 0.15) is 22.3 Å². The second-order valence-electron chi connectivity index (χ2n) is 8.56. The molecule has 0 spiro atoms. The summed E-state index contributed by atoms with van der Waals surface area (Å²) >= 11 is 0.755. The summed E-state index contributed by atoms with van der Waals surface area (Å²) in [5, 5.41) is 10.9. The molecule has 3 aromatic rings. The summed E-state index contributed by atoms with van der Waals surface area (Å²) in [5.74, 6) is -0.121. The number of thioether (sulfide) groups is 1. The molecule has 1 aliphatic rings. The molecular weight excluding hydrogens is 537 g/mol. The van der Waals surface area contributed by atoms with Gasteiger partial charge in [0, 0.05) is 6.07 Å². The predicted molar refractivity (Wildman–Crippen MR) is 139 cm³/mol. The topological polar surface area (TPSA) is 99.0 Å². The number of imide groups is 1. The molecule has 0 N–H and O–H groups in total. The summed E-state index contributed by atoms with van der Waals surface area (Å²) in [7, 11) is 0. The van der Waals surface area contributed by atoms with E-state index in [1.165, 1.54) is 18.2 Å². The van der Waals surface area contributed by atoms with Gasteiger partial charge in [0.05, 0.1) is 21.9 Å². The zero-order valence-electron chi connectivity index (χ0n) is 20.7. The number of nitro benzene ring substituents is 1. The molecule has 0 atom stereocenters. The fraction of sp³-hybridized carbons (Fsp3) is 0.185. The molecule has 39 heavy (non-hydrogen) atoms. The maximum atomic E-state index is 13.0. The Morgan fingerprint density at radius 2 is 1.79 bits per heavy atom. The number of aryl methyl sites for hydroxylation is 2. The predicted octanol–water partition coefficient (Wildman–Crippen LogP) is 7.14. The number of rotatable bonds is 8. The van der Waals surface area contributed by atoms with Gasteiger partial charge in [-0.2, -0.15) is 13.2 Å². The summed E-state index contributed by atoms with van der Waals surface area (Å²) in [4.78, 5) is 36.9. The van der Waals surface area contributed by atoms with Crippen LogP contribution in [0.4, 0.5) is 23.7 Å². The van der Waals surface area contributed by atoms with Crippen LogP contribution in [0.15, 0.2) is 65.6 Å². The van der Waals surface area contributed by atoms with E-state index in [9.17, 15) is 32.9 Å². The highest BCUT2D eigenvalue weighted by atomic mass is 32.2. The lowest BCUT2D eigenvalue weighted by molar-refractivity contribution is -0.385. The van der Waals surface area contributed by atoms with Crippen LogP contribution in [0.25, 0.3) is 6.08 Å². The van der Waals surface area contributed by atoms with Gasteiger partial charge < -0.3 is 9.47 Å². The van der Waals surface area contributed by atoms with Gasteiger partial charge in [-0.05, 0) is 78.7 Å². The Bertz CT molecular complexity index is 1490. The molecule has 12 heteroatoms. The smallest absolute Gasteiger partial charge is 0.416 e. The number of nitrogens with zero attached hydrogens (tertiary/aromatic N) is 2. The molecular formula is C27H21F3N2O6S. The zero-order chi connectivity index (χ0) is 28.3. The molecule has 3 aromatic carbocycles. The summed E-state index contributed by atoms with van der Waals surface area (Å²) in [6.45, 7) is 3.99. The van der Waals surface area contributed by atoms with E-state index in [1.807, 2.05) is 32.0 Å². The lowest BCUT2D eigenvalue weighted by atomic mass is 10.1. The van der Waals surface area contributed by atoms with E-state index in [2.05, 4.69) is 0 Å². The first-order chi connectivity index (χ1) is 18.4. The molecule has 0 aromatic heterocycles. The second kappa shape index (κ2) is 11.2. The molecule has 1 heterocycles. The maximum Gasteiger partial charge on any atom is 0.416 e. The van der Waals surface area contributed by atoms with Crippen LogP contribution in [0.3, 0.4) is 0 Å². The molecule has 0 unspecified atom stereocenters. The van der Waals surface area contributed by atoms with E-state index in [1.54, 1.807) is 12.1 Å². The fourth-order valence-corrected chi connectivity index (χ4v) is 4.54. The van der Waals surface area contributed by atoms with Crippen LogP contribution >= 0.6 is 11.8 Å². The maximum absolute atomic E-state index is 13.0. The minimum Gasteiger partial charge on any atom is -0.491 e. The number of amides is 2. The first kappa shape index (κ1) is 27.7. The van der Waals surface area contributed by atoms with Crippen LogP contribution < -0.4 is 9.47 Å². The summed E-state index contributed by atoms with van der Waals surface area (Å²) < 4.78 is 50.2. The molecule has 202 valence electrons. The molecule has 0 aliphatic carbocycles. The van der Waals surface area contributed by atoms with Gasteiger partial charge in [-0.25, -0.2) is 0 Å². The summed E-state index contributed by atoms with van der Waals surface area (Å²) in [5.41, 5.74) is 0.367. The average Bonchev–Trinajstić information content (AvgIpc) is 3.13. The zero-order valence-corrected chi connectivity index (χ0v) is 21.5. The van der Waals surface area contributed by atoms with Crippen molar-refractivity contribution in [2.45, 2.75) is 20.0 Å². The van der Waals surface area contributed by atoms with E-state index in [-0.39, 0.29) is 29.6 Å². The number of carbonyl (C=O) groups excluding carboxylic acids is 2. The second-order valence-corrected chi connectivity index (χ2v) is 9.56. The summed E-state index contributed by atoms with van der Waals surface area (Å²) in [6, 6.07) is 13.8. The van der Waals surface area contributed by atoms with Crippen molar-refractivity contribution in [3.05, 3.63) is 97.9 Å². The lowest BCUT2D eigenvalue weighted by Gasteiger charge is -2.14. The van der Waals surface area contributed by atoms with Crippen molar-refractivity contribution in [1.82, 2.24) is 4.90 Å². The first-order valence-corrected chi connectivity index (χ1v) is 12.3. The number of benzene rings is 3. The van der Waals surface area contributed by atoms with Crippen molar-refractivity contribution >= 4 is 34.7 Å². The van der Waals surface area contributed by atoms with Crippen LogP contribution in [0.5, 0.6) is 17.2 Å². The number of nitro groups is 1. The molecule has 4 rings (SSSR count). The fourth-order valence-electron chi connectivity index (χ4n) is 3.67. The number of hydrogen-bond acceptors (Lipinski definition) is 7. The van der Waals surface area contributed by atoms with Crippen molar-refractivity contribution in [3.63, 3.8) is 0 Å². The Hall–Kier alpha value is -4.32. The van der Waals surface area contributed by atoms with Crippen molar-refractivity contribution in [2.24, 2.45) is 0 Å². The van der Waals surface area contributed by atoms with Gasteiger partial charge >= 0.3 is 11.9 Å². The molecule has 2 amide bonds. The monoisotopic (exact) mass is 558 g/mol. The third-order valence-corrected chi connectivity index (χ3v) is 6.56. The highest BCUT2D eigenvalue weighted by Crippen LogP contribution is 2.38. The highest BCUT2D eigenvalue weighted by molar-refractivity contribution is 8.18. The Kier molecular flexibility index (Phi) is 7.95. The van der Waals surface area contributed by atoms with Crippen LogP contribution in [0, 0.1) is 24.0 Å². The van der Waals surface area contributed by atoms with E-state index in [0.29, 0.717) is 23.4 Å². The normalized spacial score (nSPS) is 14.7. The quantitative estimate of drug-likeness (QED) is 0.165. The standard InChI is InChI=1S/C27H21F3N2O6S/c1-16-6-7-17(2)23(12-16)37-11-10-31-25(33)24(39-26(31)34)14-18-4-3-5-20(13-18)38-22-9-8-19(27(28,29)30)15-21(22)32(35)36/h3-9,12-15H,10-11H2,1-2H3/b24-14-. The minimum absolute atomic E-state index is 0.0517. The first-order valence-electron chi connectivity index (χ1n) is 11.5. The Morgan fingerprint density at radius 1 is 1.03 bits per heavy atom. The number of carbonyl (C=O) groups is 2. The van der Waals surface area contributed by atoms with Gasteiger partial charge in [-0.1, -0.05) is 24.3 Å². The molecule has 1 fully saturated rings. The Balaban J connectivity index is 1.47. The molecule has 1 aliphatic heterocycles. The van der Waals surface area contributed by atoms with Crippen molar-refractivity contribution < 1.29 is 37.2 Å². The van der Waals surface area contributed by atoms with Crippen LogP contribution in [-0.4, -0.2) is 34.1 Å². The van der Waals surface area contributed by atoms with Gasteiger partial charge in [0.1, 0.15) is 18.1 Å². The number of alkyl halides is 3. The van der Waals surface area contributed by atoms with E-state index >= 15 is 0 Å². The highest BCUT2D eigenvalue weighted by Gasteiger charge is 2.35. The van der Waals surface area contributed by atoms with Crippen molar-refractivity contribution in [2.75, 3.05) is 13.2 Å². The van der Waals surface area contributed by atoms with Crippen LogP contribution in [-0.2, 0) is 11.0 Å². The molecule has 0 bridgehead atoms. The SMILES string of the molecule is Cc1ccc(C)c(OCCN2C(=O)S/C(=C\c3cccc(Oc4ccc(C(F)(F)F)cc4[N+](=O)[O-])c3)C2=O)c1.